The Balaban J connectivity index is 2.22. The Morgan fingerprint density at radius 2 is 1.38 bits per heavy atom. The molecule has 2 bridgehead atoms. The van der Waals surface area contributed by atoms with Crippen molar-refractivity contribution in [1.29, 1.82) is 0 Å². The third-order valence-electron chi connectivity index (χ3n) is 3.60. The van der Waals surface area contributed by atoms with Crippen molar-refractivity contribution in [1.82, 2.24) is 0 Å². The summed E-state index contributed by atoms with van der Waals surface area (Å²) in [5, 5.41) is 0. The van der Waals surface area contributed by atoms with Gasteiger partial charge in [-0.2, -0.15) is 0 Å². The number of nitrogens with two attached hydrogens (primary N) is 2. The first kappa shape index (κ1) is 7.25. The molecule has 13 heavy (non-hydrogen) atoms. The highest BCUT2D eigenvalue weighted by Gasteiger charge is 2.36. The second-order valence-electron chi connectivity index (χ2n) is 4.32. The van der Waals surface area contributed by atoms with Crippen molar-refractivity contribution in [2.45, 2.75) is 31.1 Å². The molecule has 1 fully saturated rings. The SMILES string of the molecule is Nc1cc2c(cc1N)C1CCC2C1. The van der Waals surface area contributed by atoms with Crippen LogP contribution in [0.2, 0.25) is 0 Å². The third kappa shape index (κ3) is 0.831. The molecular weight excluding hydrogens is 160 g/mol. The van der Waals surface area contributed by atoms with Crippen LogP contribution in [0.4, 0.5) is 11.4 Å². The standard InChI is InChI=1S/C11H14N2/c12-10-4-8-6-1-2-7(3-6)9(8)5-11(10)13/h4-7H,1-3,12-13H2. The van der Waals surface area contributed by atoms with Gasteiger partial charge in [-0.3, -0.25) is 0 Å². The van der Waals surface area contributed by atoms with Crippen LogP contribution in [-0.2, 0) is 0 Å². The van der Waals surface area contributed by atoms with E-state index in [4.69, 9.17) is 11.5 Å². The van der Waals surface area contributed by atoms with E-state index in [1.54, 1.807) is 0 Å². The number of rotatable bonds is 0. The van der Waals surface area contributed by atoms with E-state index in [0.29, 0.717) is 0 Å². The van der Waals surface area contributed by atoms with E-state index in [0.717, 1.165) is 23.2 Å². The van der Waals surface area contributed by atoms with E-state index in [9.17, 15) is 0 Å². The molecule has 0 saturated heterocycles. The van der Waals surface area contributed by atoms with Gasteiger partial charge in [0.2, 0.25) is 0 Å². The average Bonchev–Trinajstić information content (AvgIpc) is 2.67. The summed E-state index contributed by atoms with van der Waals surface area (Å²) < 4.78 is 0. The molecule has 2 heteroatoms. The molecule has 0 aliphatic heterocycles. The van der Waals surface area contributed by atoms with Crippen molar-refractivity contribution in [2.24, 2.45) is 0 Å². The summed E-state index contributed by atoms with van der Waals surface area (Å²) >= 11 is 0. The quantitative estimate of drug-likeness (QED) is 0.592. The largest absolute Gasteiger partial charge is 0.397 e. The second-order valence-corrected chi connectivity index (χ2v) is 4.32. The minimum atomic E-state index is 0.756. The van der Waals surface area contributed by atoms with Crippen molar-refractivity contribution in [2.75, 3.05) is 11.5 Å². The maximum absolute atomic E-state index is 5.80. The fourth-order valence-electron chi connectivity index (χ4n) is 2.92. The lowest BCUT2D eigenvalue weighted by Crippen LogP contribution is -2.02. The molecule has 2 aliphatic carbocycles. The summed E-state index contributed by atoms with van der Waals surface area (Å²) in [7, 11) is 0. The summed E-state index contributed by atoms with van der Waals surface area (Å²) in [5.74, 6) is 1.56. The Labute approximate surface area is 77.9 Å². The van der Waals surface area contributed by atoms with Crippen LogP contribution in [0.25, 0.3) is 0 Å². The monoisotopic (exact) mass is 174 g/mol. The van der Waals surface area contributed by atoms with E-state index in [-0.39, 0.29) is 0 Å². The number of hydrogen-bond donors (Lipinski definition) is 2. The molecule has 1 aromatic rings. The second kappa shape index (κ2) is 2.19. The van der Waals surface area contributed by atoms with Crippen molar-refractivity contribution in [3.63, 3.8) is 0 Å². The summed E-state index contributed by atoms with van der Waals surface area (Å²) in [4.78, 5) is 0. The van der Waals surface area contributed by atoms with Gasteiger partial charge in [-0.25, -0.2) is 0 Å². The summed E-state index contributed by atoms with van der Waals surface area (Å²) in [6.45, 7) is 0. The zero-order valence-corrected chi connectivity index (χ0v) is 7.59. The molecule has 0 radical (unpaired) electrons. The van der Waals surface area contributed by atoms with Crippen LogP contribution >= 0.6 is 0 Å². The van der Waals surface area contributed by atoms with Crippen LogP contribution in [0, 0.1) is 0 Å². The van der Waals surface area contributed by atoms with Gasteiger partial charge >= 0.3 is 0 Å². The van der Waals surface area contributed by atoms with E-state index in [1.807, 2.05) is 0 Å². The average molecular weight is 174 g/mol. The lowest BCUT2D eigenvalue weighted by atomic mass is 9.91. The normalized spacial score (nSPS) is 29.2. The van der Waals surface area contributed by atoms with Gasteiger partial charge in [0, 0.05) is 0 Å². The Morgan fingerprint density at radius 1 is 0.923 bits per heavy atom. The van der Waals surface area contributed by atoms with E-state index in [1.165, 1.54) is 30.4 Å². The van der Waals surface area contributed by atoms with Crippen LogP contribution in [0.1, 0.15) is 42.2 Å². The zero-order valence-electron chi connectivity index (χ0n) is 7.59. The predicted molar refractivity (Wildman–Crippen MR) is 54.6 cm³/mol. The van der Waals surface area contributed by atoms with E-state index in [2.05, 4.69) is 12.1 Å². The van der Waals surface area contributed by atoms with Gasteiger partial charge in [0.15, 0.2) is 0 Å². The number of benzene rings is 1. The van der Waals surface area contributed by atoms with Crippen LogP contribution in [-0.4, -0.2) is 0 Å². The van der Waals surface area contributed by atoms with Crippen LogP contribution in [0.3, 0.4) is 0 Å². The lowest BCUT2D eigenvalue weighted by molar-refractivity contribution is 0.718. The number of anilines is 2. The Morgan fingerprint density at radius 3 is 1.85 bits per heavy atom. The molecule has 2 aliphatic rings. The van der Waals surface area contributed by atoms with Gasteiger partial charge in [-0.15, -0.1) is 0 Å². The van der Waals surface area contributed by atoms with Crippen molar-refractivity contribution in [3.05, 3.63) is 23.3 Å². The molecule has 68 valence electrons. The highest BCUT2D eigenvalue weighted by Crippen LogP contribution is 2.54. The van der Waals surface area contributed by atoms with Crippen LogP contribution in [0.5, 0.6) is 0 Å². The van der Waals surface area contributed by atoms with Gasteiger partial charge in [0.05, 0.1) is 11.4 Å². The summed E-state index contributed by atoms with van der Waals surface area (Å²) in [5.41, 5.74) is 16.1. The minimum Gasteiger partial charge on any atom is -0.397 e. The number of nitrogen functional groups attached to an aromatic ring is 2. The highest BCUT2D eigenvalue weighted by molar-refractivity contribution is 5.68. The molecule has 0 amide bonds. The fraction of sp³-hybridized carbons (Fsp3) is 0.455. The maximum atomic E-state index is 5.80. The van der Waals surface area contributed by atoms with Crippen molar-refractivity contribution in [3.8, 4) is 0 Å². The smallest absolute Gasteiger partial charge is 0.0550 e. The molecule has 1 aromatic carbocycles. The first-order chi connectivity index (χ1) is 6.25. The van der Waals surface area contributed by atoms with Gasteiger partial charge in [-0.1, -0.05) is 0 Å². The van der Waals surface area contributed by atoms with Crippen LogP contribution in [0.15, 0.2) is 12.1 Å². The molecule has 2 atom stereocenters. The Bertz CT molecular complexity index is 336. The third-order valence-corrected chi connectivity index (χ3v) is 3.60. The number of fused-ring (bicyclic) bond motifs is 5. The van der Waals surface area contributed by atoms with Gasteiger partial charge in [0.25, 0.3) is 0 Å². The van der Waals surface area contributed by atoms with Gasteiger partial charge < -0.3 is 11.5 Å². The van der Waals surface area contributed by atoms with Crippen LogP contribution < -0.4 is 11.5 Å². The Kier molecular flexibility index (Phi) is 1.22. The maximum Gasteiger partial charge on any atom is 0.0550 e. The molecule has 0 aromatic heterocycles. The summed E-state index contributed by atoms with van der Waals surface area (Å²) in [6, 6.07) is 4.18. The van der Waals surface area contributed by atoms with E-state index >= 15 is 0 Å². The van der Waals surface area contributed by atoms with E-state index < -0.39 is 0 Å². The predicted octanol–water partition coefficient (Wildman–Crippen LogP) is 2.22. The highest BCUT2D eigenvalue weighted by atomic mass is 14.7. The first-order valence-electron chi connectivity index (χ1n) is 4.94. The van der Waals surface area contributed by atoms with Crippen molar-refractivity contribution >= 4 is 11.4 Å². The minimum absolute atomic E-state index is 0.756. The molecule has 1 saturated carbocycles. The topological polar surface area (TPSA) is 52.0 Å². The molecule has 0 spiro atoms. The first-order valence-corrected chi connectivity index (χ1v) is 4.94. The molecular formula is C11H14N2. The molecule has 0 heterocycles. The molecule has 4 N–H and O–H groups in total. The Hall–Kier alpha value is -1.18. The van der Waals surface area contributed by atoms with Gasteiger partial charge in [-0.05, 0) is 54.4 Å². The van der Waals surface area contributed by atoms with Gasteiger partial charge in [0.1, 0.15) is 0 Å². The zero-order chi connectivity index (χ0) is 9.00. The summed E-state index contributed by atoms with van der Waals surface area (Å²) in [6.07, 6.45) is 4.03. The lowest BCUT2D eigenvalue weighted by Gasteiger charge is -2.16. The molecule has 2 unspecified atom stereocenters. The molecule has 3 rings (SSSR count). The van der Waals surface area contributed by atoms with Crippen molar-refractivity contribution < 1.29 is 0 Å². The molecule has 2 nitrogen and oxygen atoms in total. The number of hydrogen-bond acceptors (Lipinski definition) is 2. The fourth-order valence-corrected chi connectivity index (χ4v) is 2.92.